The van der Waals surface area contributed by atoms with E-state index in [4.69, 9.17) is 21.1 Å². The molecule has 0 bridgehead atoms. The van der Waals surface area contributed by atoms with E-state index in [1.54, 1.807) is 32.4 Å². The van der Waals surface area contributed by atoms with Crippen LogP contribution in [0, 0.1) is 0 Å². The Morgan fingerprint density at radius 1 is 1.04 bits per heavy atom. The number of anilines is 1. The van der Waals surface area contributed by atoms with Gasteiger partial charge in [-0.05, 0) is 47.9 Å². The Balaban J connectivity index is 1.57. The summed E-state index contributed by atoms with van der Waals surface area (Å²) in [7, 11) is 3.24. The third kappa shape index (κ3) is 3.05. The summed E-state index contributed by atoms with van der Waals surface area (Å²) >= 11 is 5.97. The molecule has 0 saturated carbocycles. The van der Waals surface area contributed by atoms with Gasteiger partial charge in [0.2, 0.25) is 0 Å². The van der Waals surface area contributed by atoms with E-state index in [1.807, 2.05) is 12.1 Å². The number of hydrogen-bond acceptors (Lipinski definition) is 5. The molecule has 0 aliphatic carbocycles. The molecule has 2 heterocycles. The molecule has 0 saturated heterocycles. The summed E-state index contributed by atoms with van der Waals surface area (Å²) in [4.78, 5) is 28.4. The number of hydrogen-bond donors (Lipinski definition) is 0. The van der Waals surface area contributed by atoms with Crippen molar-refractivity contribution in [2.24, 2.45) is 0 Å². The number of ketones is 1. The summed E-state index contributed by atoms with van der Waals surface area (Å²) in [5.74, 6) is 0.392. The Hall–Kier alpha value is -2.57. The van der Waals surface area contributed by atoms with Gasteiger partial charge in [0.05, 0.1) is 32.1 Å². The average Bonchev–Trinajstić information content (AvgIpc) is 2.91. The van der Waals surface area contributed by atoms with Crippen molar-refractivity contribution in [2.45, 2.75) is 13.0 Å². The summed E-state index contributed by atoms with van der Waals surface area (Å²) in [5, 5.41) is 0.449. The van der Waals surface area contributed by atoms with Crippen molar-refractivity contribution in [3.8, 4) is 11.5 Å². The zero-order chi connectivity index (χ0) is 19.1. The van der Waals surface area contributed by atoms with Gasteiger partial charge < -0.3 is 9.47 Å². The van der Waals surface area contributed by atoms with E-state index >= 15 is 0 Å². The van der Waals surface area contributed by atoms with E-state index in [0.29, 0.717) is 35.2 Å². The predicted octanol–water partition coefficient (Wildman–Crippen LogP) is 2.90. The molecule has 7 heteroatoms. The van der Waals surface area contributed by atoms with Crippen LogP contribution >= 0.6 is 11.6 Å². The number of methoxy groups -OCH3 is 2. The lowest BCUT2D eigenvalue weighted by Gasteiger charge is -2.32. The summed E-state index contributed by atoms with van der Waals surface area (Å²) in [6.07, 6.45) is 0.832. The van der Waals surface area contributed by atoms with Gasteiger partial charge >= 0.3 is 5.91 Å². The minimum atomic E-state index is -0.509. The zero-order valence-corrected chi connectivity index (χ0v) is 15.9. The SMILES string of the molecule is COc1cc2c(cc1OC)CN(CN1C(=O)C(=O)c3cc(Cl)ccc31)CC2. The molecule has 2 aliphatic heterocycles. The fourth-order valence-electron chi connectivity index (χ4n) is 3.68. The first-order chi connectivity index (χ1) is 13.0. The Morgan fingerprint density at radius 2 is 1.74 bits per heavy atom. The van der Waals surface area contributed by atoms with Crippen molar-refractivity contribution in [1.29, 1.82) is 0 Å². The van der Waals surface area contributed by atoms with Crippen molar-refractivity contribution in [3.05, 3.63) is 52.0 Å². The highest BCUT2D eigenvalue weighted by atomic mass is 35.5. The highest BCUT2D eigenvalue weighted by molar-refractivity contribution is 6.52. The summed E-state index contributed by atoms with van der Waals surface area (Å²) in [6.45, 7) is 1.80. The molecule has 27 heavy (non-hydrogen) atoms. The van der Waals surface area contributed by atoms with Crippen LogP contribution in [-0.4, -0.2) is 44.0 Å². The largest absolute Gasteiger partial charge is 0.493 e. The number of nitrogens with zero attached hydrogens (tertiary/aromatic N) is 2. The highest BCUT2D eigenvalue weighted by Gasteiger charge is 2.37. The molecule has 0 fully saturated rings. The monoisotopic (exact) mass is 386 g/mol. The van der Waals surface area contributed by atoms with Gasteiger partial charge in [-0.1, -0.05) is 11.6 Å². The van der Waals surface area contributed by atoms with Crippen LogP contribution in [0.2, 0.25) is 5.02 Å². The first-order valence-corrected chi connectivity index (χ1v) is 9.01. The second-order valence-electron chi connectivity index (χ2n) is 6.64. The van der Waals surface area contributed by atoms with E-state index in [-0.39, 0.29) is 0 Å². The maximum absolute atomic E-state index is 12.4. The van der Waals surface area contributed by atoms with Crippen LogP contribution in [0.15, 0.2) is 30.3 Å². The van der Waals surface area contributed by atoms with Crippen molar-refractivity contribution in [1.82, 2.24) is 4.90 Å². The van der Waals surface area contributed by atoms with Gasteiger partial charge in [-0.25, -0.2) is 0 Å². The van der Waals surface area contributed by atoms with E-state index in [0.717, 1.165) is 24.3 Å². The summed E-state index contributed by atoms with van der Waals surface area (Å²) in [5.41, 5.74) is 3.33. The van der Waals surface area contributed by atoms with E-state index in [2.05, 4.69) is 4.90 Å². The number of fused-ring (bicyclic) bond motifs is 2. The van der Waals surface area contributed by atoms with Crippen LogP contribution in [0.25, 0.3) is 0 Å². The first-order valence-electron chi connectivity index (χ1n) is 8.63. The van der Waals surface area contributed by atoms with Crippen LogP contribution in [0.4, 0.5) is 5.69 Å². The van der Waals surface area contributed by atoms with Gasteiger partial charge in [0.15, 0.2) is 11.5 Å². The number of rotatable bonds is 4. The fourth-order valence-corrected chi connectivity index (χ4v) is 3.85. The minimum absolute atomic E-state index is 0.354. The lowest BCUT2D eigenvalue weighted by molar-refractivity contribution is -0.114. The molecule has 0 N–H and O–H groups in total. The number of Topliss-reactive ketones (excluding diaryl/α,β-unsaturated/α-hetero) is 1. The standard InChI is InChI=1S/C20H19ClN2O4/c1-26-17-7-12-5-6-22(10-13(12)8-18(17)27-2)11-23-16-4-3-14(21)9-15(16)19(24)20(23)25/h3-4,7-9H,5-6,10-11H2,1-2H3. The maximum Gasteiger partial charge on any atom is 0.300 e. The predicted molar refractivity (Wildman–Crippen MR) is 102 cm³/mol. The van der Waals surface area contributed by atoms with Crippen molar-refractivity contribution in [2.75, 3.05) is 32.3 Å². The fraction of sp³-hybridized carbons (Fsp3) is 0.300. The average molecular weight is 387 g/mol. The summed E-state index contributed by atoms with van der Waals surface area (Å²) < 4.78 is 10.8. The van der Waals surface area contributed by atoms with Gasteiger partial charge in [0.1, 0.15) is 0 Å². The highest BCUT2D eigenvalue weighted by Crippen LogP contribution is 2.35. The van der Waals surface area contributed by atoms with Gasteiger partial charge in [-0.3, -0.25) is 19.4 Å². The zero-order valence-electron chi connectivity index (χ0n) is 15.1. The van der Waals surface area contributed by atoms with Crippen molar-refractivity contribution >= 4 is 29.0 Å². The molecule has 2 aromatic rings. The Bertz CT molecular complexity index is 944. The number of amides is 1. The Morgan fingerprint density at radius 3 is 2.44 bits per heavy atom. The lowest BCUT2D eigenvalue weighted by atomic mass is 9.99. The second-order valence-corrected chi connectivity index (χ2v) is 7.08. The van der Waals surface area contributed by atoms with E-state index in [9.17, 15) is 9.59 Å². The molecular weight excluding hydrogens is 368 g/mol. The van der Waals surface area contributed by atoms with Crippen LogP contribution < -0.4 is 14.4 Å². The molecule has 0 aromatic heterocycles. The van der Waals surface area contributed by atoms with Crippen molar-refractivity contribution in [3.63, 3.8) is 0 Å². The topological polar surface area (TPSA) is 59.1 Å². The molecule has 1 amide bonds. The third-order valence-corrected chi connectivity index (χ3v) is 5.31. The third-order valence-electron chi connectivity index (χ3n) is 5.07. The number of carbonyl (C=O) groups excluding carboxylic acids is 2. The van der Waals surface area contributed by atoms with E-state index < -0.39 is 11.7 Å². The molecule has 0 atom stereocenters. The summed E-state index contributed by atoms with van der Waals surface area (Å²) in [6, 6.07) is 8.96. The quantitative estimate of drug-likeness (QED) is 0.756. The number of ether oxygens (including phenoxy) is 2. The van der Waals surface area contributed by atoms with Crippen LogP contribution in [0.5, 0.6) is 11.5 Å². The number of benzene rings is 2. The Kier molecular flexibility index (Phi) is 4.53. The molecule has 2 aromatic carbocycles. The normalized spacial score (nSPS) is 16.3. The lowest BCUT2D eigenvalue weighted by Crippen LogP contribution is -2.43. The molecule has 2 aliphatic rings. The molecule has 4 rings (SSSR count). The molecule has 6 nitrogen and oxygen atoms in total. The van der Waals surface area contributed by atoms with Crippen LogP contribution in [0.1, 0.15) is 21.5 Å². The Labute approximate surface area is 162 Å². The van der Waals surface area contributed by atoms with Gasteiger partial charge in [0, 0.05) is 18.1 Å². The number of carbonyl (C=O) groups is 2. The minimum Gasteiger partial charge on any atom is -0.493 e. The molecular formula is C20H19ClN2O4. The van der Waals surface area contributed by atoms with Crippen LogP contribution in [0.3, 0.4) is 0 Å². The smallest absolute Gasteiger partial charge is 0.300 e. The molecule has 0 unspecified atom stereocenters. The molecule has 140 valence electrons. The molecule has 0 spiro atoms. The van der Waals surface area contributed by atoms with Gasteiger partial charge in [-0.2, -0.15) is 0 Å². The van der Waals surface area contributed by atoms with E-state index in [1.165, 1.54) is 10.5 Å². The maximum atomic E-state index is 12.4. The second kappa shape index (κ2) is 6.87. The number of halogens is 1. The van der Waals surface area contributed by atoms with Crippen LogP contribution in [-0.2, 0) is 17.8 Å². The van der Waals surface area contributed by atoms with Gasteiger partial charge in [0.25, 0.3) is 5.78 Å². The molecule has 0 radical (unpaired) electrons. The van der Waals surface area contributed by atoms with Gasteiger partial charge in [-0.15, -0.1) is 0 Å². The first kappa shape index (κ1) is 17.8. The van der Waals surface area contributed by atoms with Crippen molar-refractivity contribution < 1.29 is 19.1 Å².